The molecule has 0 aliphatic carbocycles. The Balaban J connectivity index is 1.72. The van der Waals surface area contributed by atoms with Gasteiger partial charge in [-0.25, -0.2) is 9.18 Å². The van der Waals surface area contributed by atoms with Gasteiger partial charge in [0.1, 0.15) is 12.3 Å². The molecule has 1 heterocycles. The SMILES string of the molecule is Cc1c(COc2ccc(/C=C/C(=O)O)cc2F)noc1-c1ccc(C(F)(F)F)cc1. The third-order valence-electron chi connectivity index (χ3n) is 4.23. The monoisotopic (exact) mass is 421 g/mol. The van der Waals surface area contributed by atoms with Crippen molar-refractivity contribution >= 4 is 12.0 Å². The summed E-state index contributed by atoms with van der Waals surface area (Å²) in [5, 5.41) is 12.5. The Morgan fingerprint density at radius 2 is 1.90 bits per heavy atom. The predicted molar refractivity (Wildman–Crippen MR) is 99.1 cm³/mol. The molecular weight excluding hydrogens is 406 g/mol. The standard InChI is InChI=1S/C21H15F4NO4/c1-12-17(11-29-18-8-2-13(10-16(18)22)3-9-19(27)28)26-30-20(12)14-4-6-15(7-5-14)21(23,24)25/h2-10H,11H2,1H3,(H,27,28)/b9-3+. The van der Waals surface area contributed by atoms with Crippen molar-refractivity contribution in [2.45, 2.75) is 19.7 Å². The lowest BCUT2D eigenvalue weighted by Crippen LogP contribution is -2.04. The molecule has 0 saturated heterocycles. The van der Waals surface area contributed by atoms with Crippen molar-refractivity contribution in [2.75, 3.05) is 0 Å². The van der Waals surface area contributed by atoms with Crippen LogP contribution >= 0.6 is 0 Å². The number of hydrogen-bond acceptors (Lipinski definition) is 4. The average Bonchev–Trinajstić information content (AvgIpc) is 3.05. The van der Waals surface area contributed by atoms with Gasteiger partial charge in [0, 0.05) is 17.2 Å². The third kappa shape index (κ3) is 4.86. The fourth-order valence-electron chi connectivity index (χ4n) is 2.63. The van der Waals surface area contributed by atoms with E-state index in [1.807, 2.05) is 0 Å². The molecule has 2 aromatic carbocycles. The average molecular weight is 421 g/mol. The largest absolute Gasteiger partial charge is 0.484 e. The van der Waals surface area contributed by atoms with Crippen molar-refractivity contribution in [3.05, 3.63) is 76.7 Å². The van der Waals surface area contributed by atoms with Gasteiger partial charge < -0.3 is 14.4 Å². The molecule has 30 heavy (non-hydrogen) atoms. The summed E-state index contributed by atoms with van der Waals surface area (Å²) in [6, 6.07) is 8.42. The zero-order chi connectivity index (χ0) is 21.9. The van der Waals surface area contributed by atoms with Gasteiger partial charge in [-0.15, -0.1) is 0 Å². The first-order valence-electron chi connectivity index (χ1n) is 8.61. The molecule has 1 aromatic heterocycles. The molecule has 1 N–H and O–H groups in total. The van der Waals surface area contributed by atoms with Crippen LogP contribution in [0.3, 0.4) is 0 Å². The number of alkyl halides is 3. The van der Waals surface area contributed by atoms with Crippen LogP contribution < -0.4 is 4.74 Å². The molecule has 0 bridgehead atoms. The summed E-state index contributed by atoms with van der Waals surface area (Å²) in [5.74, 6) is -1.62. The van der Waals surface area contributed by atoms with Crippen molar-refractivity contribution in [3.63, 3.8) is 0 Å². The van der Waals surface area contributed by atoms with Crippen LogP contribution in [0.4, 0.5) is 17.6 Å². The number of benzene rings is 2. The molecule has 0 fully saturated rings. The lowest BCUT2D eigenvalue weighted by atomic mass is 10.1. The van der Waals surface area contributed by atoms with E-state index in [9.17, 15) is 22.4 Å². The van der Waals surface area contributed by atoms with Crippen LogP contribution in [0.1, 0.15) is 22.4 Å². The Morgan fingerprint density at radius 3 is 2.50 bits per heavy atom. The van der Waals surface area contributed by atoms with E-state index in [0.29, 0.717) is 22.4 Å². The van der Waals surface area contributed by atoms with Gasteiger partial charge in [-0.1, -0.05) is 23.4 Å². The maximum atomic E-state index is 14.1. The van der Waals surface area contributed by atoms with E-state index in [1.54, 1.807) is 6.92 Å². The van der Waals surface area contributed by atoms with E-state index in [4.69, 9.17) is 14.4 Å². The molecule has 156 valence electrons. The second-order valence-electron chi connectivity index (χ2n) is 6.31. The van der Waals surface area contributed by atoms with Crippen LogP contribution in [0.2, 0.25) is 0 Å². The number of ether oxygens (including phenoxy) is 1. The van der Waals surface area contributed by atoms with E-state index in [0.717, 1.165) is 24.3 Å². The number of nitrogens with zero attached hydrogens (tertiary/aromatic N) is 1. The highest BCUT2D eigenvalue weighted by Crippen LogP contribution is 2.32. The second kappa shape index (κ2) is 8.40. The number of rotatable bonds is 6. The molecule has 0 spiro atoms. The maximum absolute atomic E-state index is 14.1. The Labute approximate surface area is 168 Å². The molecule has 0 amide bonds. The molecule has 0 aliphatic heterocycles. The highest BCUT2D eigenvalue weighted by molar-refractivity contribution is 5.85. The van der Waals surface area contributed by atoms with Gasteiger partial charge in [0.25, 0.3) is 0 Å². The third-order valence-corrected chi connectivity index (χ3v) is 4.23. The smallest absolute Gasteiger partial charge is 0.416 e. The van der Waals surface area contributed by atoms with Crippen LogP contribution in [0.15, 0.2) is 53.1 Å². The lowest BCUT2D eigenvalue weighted by molar-refractivity contribution is -0.137. The van der Waals surface area contributed by atoms with Gasteiger partial charge in [-0.05, 0) is 42.8 Å². The van der Waals surface area contributed by atoms with Crippen LogP contribution in [-0.2, 0) is 17.6 Å². The zero-order valence-corrected chi connectivity index (χ0v) is 15.5. The molecule has 0 unspecified atom stereocenters. The maximum Gasteiger partial charge on any atom is 0.416 e. The number of carbonyl (C=O) groups is 1. The summed E-state index contributed by atoms with van der Waals surface area (Å²) in [4.78, 5) is 10.5. The molecule has 0 atom stereocenters. The van der Waals surface area contributed by atoms with Gasteiger partial charge in [0.15, 0.2) is 17.3 Å². The summed E-state index contributed by atoms with van der Waals surface area (Å²) < 4.78 is 62.9. The normalized spacial score (nSPS) is 11.8. The van der Waals surface area contributed by atoms with Crippen molar-refractivity contribution in [1.82, 2.24) is 5.16 Å². The van der Waals surface area contributed by atoms with Crippen molar-refractivity contribution in [2.24, 2.45) is 0 Å². The van der Waals surface area contributed by atoms with Crippen LogP contribution in [-0.4, -0.2) is 16.2 Å². The zero-order valence-electron chi connectivity index (χ0n) is 15.5. The quantitative estimate of drug-likeness (QED) is 0.421. The topological polar surface area (TPSA) is 72.6 Å². The highest BCUT2D eigenvalue weighted by atomic mass is 19.4. The number of aliphatic carboxylic acids is 1. The molecule has 0 saturated carbocycles. The Kier molecular flexibility index (Phi) is 5.91. The van der Waals surface area contributed by atoms with Gasteiger partial charge in [-0.2, -0.15) is 13.2 Å². The summed E-state index contributed by atoms with van der Waals surface area (Å²) in [7, 11) is 0. The molecular formula is C21H15F4NO4. The molecule has 9 heteroatoms. The van der Waals surface area contributed by atoms with Crippen LogP contribution in [0.5, 0.6) is 5.75 Å². The molecule has 5 nitrogen and oxygen atoms in total. The van der Waals surface area contributed by atoms with E-state index < -0.39 is 23.5 Å². The summed E-state index contributed by atoms with van der Waals surface area (Å²) in [6.07, 6.45) is -2.30. The molecule has 3 aromatic rings. The van der Waals surface area contributed by atoms with Crippen LogP contribution in [0.25, 0.3) is 17.4 Å². The van der Waals surface area contributed by atoms with Gasteiger partial charge in [0.05, 0.1) is 5.56 Å². The molecule has 0 aliphatic rings. The number of carboxylic acids is 1. The number of hydrogen-bond donors (Lipinski definition) is 1. The molecule has 3 rings (SSSR count). The number of carboxylic acid groups (broad SMARTS) is 1. The Bertz CT molecular complexity index is 1090. The fourth-order valence-corrected chi connectivity index (χ4v) is 2.63. The predicted octanol–water partition coefficient (Wildman–Crippen LogP) is 5.48. The molecule has 0 radical (unpaired) electrons. The minimum absolute atomic E-state index is 0.0686. The van der Waals surface area contributed by atoms with E-state index in [2.05, 4.69) is 5.16 Å². The Hall–Kier alpha value is -3.62. The van der Waals surface area contributed by atoms with Crippen LogP contribution in [0, 0.1) is 12.7 Å². The first-order valence-corrected chi connectivity index (χ1v) is 8.61. The van der Waals surface area contributed by atoms with E-state index in [-0.39, 0.29) is 18.1 Å². The van der Waals surface area contributed by atoms with Gasteiger partial charge in [-0.3, -0.25) is 0 Å². The van der Waals surface area contributed by atoms with E-state index >= 15 is 0 Å². The highest BCUT2D eigenvalue weighted by Gasteiger charge is 2.30. The Morgan fingerprint density at radius 1 is 1.20 bits per heavy atom. The van der Waals surface area contributed by atoms with Gasteiger partial charge in [0.2, 0.25) is 0 Å². The fraction of sp³-hybridized carbons (Fsp3) is 0.143. The van der Waals surface area contributed by atoms with Gasteiger partial charge >= 0.3 is 12.1 Å². The van der Waals surface area contributed by atoms with Crippen molar-refractivity contribution < 1.29 is 36.7 Å². The van der Waals surface area contributed by atoms with Crippen molar-refractivity contribution in [3.8, 4) is 17.1 Å². The van der Waals surface area contributed by atoms with Crippen molar-refractivity contribution in [1.29, 1.82) is 0 Å². The summed E-state index contributed by atoms with van der Waals surface area (Å²) in [5.41, 5.74) is 0.906. The number of halogens is 4. The first-order chi connectivity index (χ1) is 14.1. The lowest BCUT2D eigenvalue weighted by Gasteiger charge is -2.07. The first kappa shape index (κ1) is 21.1. The summed E-state index contributed by atoms with van der Waals surface area (Å²) >= 11 is 0. The summed E-state index contributed by atoms with van der Waals surface area (Å²) in [6.45, 7) is 1.54. The minimum atomic E-state index is -4.43. The van der Waals surface area contributed by atoms with E-state index in [1.165, 1.54) is 30.3 Å². The number of aromatic nitrogens is 1. The second-order valence-corrected chi connectivity index (χ2v) is 6.31. The minimum Gasteiger partial charge on any atom is -0.484 e.